The number of carbonyl (C=O) groups excluding carboxylic acids is 1. The molecule has 1 aromatic heterocycles. The van der Waals surface area contributed by atoms with Gasteiger partial charge in [-0.05, 0) is 36.7 Å². The van der Waals surface area contributed by atoms with E-state index < -0.39 is 6.04 Å². The molecule has 6 heteroatoms. The van der Waals surface area contributed by atoms with Gasteiger partial charge in [0.2, 0.25) is 0 Å². The second-order valence-electron chi connectivity index (χ2n) is 3.11. The largest absolute Gasteiger partial charge is 0.292 e. The Kier molecular flexibility index (Phi) is 3.28. The van der Waals surface area contributed by atoms with Gasteiger partial charge in [0.05, 0.1) is 15.9 Å². The van der Waals surface area contributed by atoms with Gasteiger partial charge >= 0.3 is 0 Å². The lowest BCUT2D eigenvalue weighted by Crippen LogP contribution is -2.36. The van der Waals surface area contributed by atoms with E-state index >= 15 is 0 Å². The summed E-state index contributed by atoms with van der Waals surface area (Å²) < 4.78 is 2.57. The van der Waals surface area contributed by atoms with E-state index in [1.165, 1.54) is 0 Å². The third kappa shape index (κ3) is 1.80. The van der Waals surface area contributed by atoms with Crippen LogP contribution < -0.4 is 11.3 Å². The van der Waals surface area contributed by atoms with E-state index in [1.807, 2.05) is 13.8 Å². The van der Waals surface area contributed by atoms with Crippen molar-refractivity contribution in [2.24, 2.45) is 5.84 Å². The van der Waals surface area contributed by atoms with Crippen LogP contribution in [0.25, 0.3) is 0 Å². The fourth-order valence-electron chi connectivity index (χ4n) is 1.25. The van der Waals surface area contributed by atoms with Crippen molar-refractivity contribution in [3.63, 3.8) is 0 Å². The zero-order valence-electron chi connectivity index (χ0n) is 8.34. The van der Waals surface area contributed by atoms with Crippen LogP contribution in [0, 0.1) is 13.8 Å². The van der Waals surface area contributed by atoms with E-state index in [2.05, 4.69) is 26.5 Å². The zero-order chi connectivity index (χ0) is 10.9. The molecule has 1 heterocycles. The molecule has 14 heavy (non-hydrogen) atoms. The topological polar surface area (TPSA) is 72.9 Å². The number of rotatable bonds is 2. The molecule has 0 saturated heterocycles. The van der Waals surface area contributed by atoms with Crippen LogP contribution in [0.1, 0.15) is 24.4 Å². The number of hydrazine groups is 1. The molecule has 0 unspecified atom stereocenters. The molecule has 1 rings (SSSR count). The molecular weight excluding hydrogens is 248 g/mol. The highest BCUT2D eigenvalue weighted by Crippen LogP contribution is 2.22. The van der Waals surface area contributed by atoms with Crippen LogP contribution in [0.5, 0.6) is 0 Å². The molecule has 3 N–H and O–H groups in total. The Morgan fingerprint density at radius 3 is 2.57 bits per heavy atom. The van der Waals surface area contributed by atoms with Crippen molar-refractivity contribution in [1.82, 2.24) is 15.2 Å². The summed E-state index contributed by atoms with van der Waals surface area (Å²) in [7, 11) is 0. The Morgan fingerprint density at radius 2 is 2.21 bits per heavy atom. The molecule has 5 nitrogen and oxygen atoms in total. The van der Waals surface area contributed by atoms with Crippen LogP contribution >= 0.6 is 15.9 Å². The molecular formula is C8H13BrN4O. The van der Waals surface area contributed by atoms with Gasteiger partial charge in [-0.15, -0.1) is 0 Å². The van der Waals surface area contributed by atoms with Crippen molar-refractivity contribution < 1.29 is 4.79 Å². The summed E-state index contributed by atoms with van der Waals surface area (Å²) in [6.07, 6.45) is 0. The Labute approximate surface area is 90.8 Å². The Bertz CT molecular complexity index is 360. The average molecular weight is 261 g/mol. The summed E-state index contributed by atoms with van der Waals surface area (Å²) in [5, 5.41) is 4.23. The standard InChI is InChI=1S/C8H13BrN4O/c1-4-7(9)5(2)13(12-4)6(3)8(14)11-10/h6H,10H2,1-3H3,(H,11,14)/t6-/m1/s1. The van der Waals surface area contributed by atoms with Gasteiger partial charge in [-0.3, -0.25) is 14.9 Å². The number of aromatic nitrogens is 2. The summed E-state index contributed by atoms with van der Waals surface area (Å²) in [5.41, 5.74) is 3.88. The number of aryl methyl sites for hydroxylation is 1. The van der Waals surface area contributed by atoms with Crippen molar-refractivity contribution in [3.8, 4) is 0 Å². The predicted octanol–water partition coefficient (Wildman–Crippen LogP) is 0.813. The lowest BCUT2D eigenvalue weighted by Gasteiger charge is -2.11. The smallest absolute Gasteiger partial charge is 0.258 e. The Morgan fingerprint density at radius 1 is 1.64 bits per heavy atom. The minimum Gasteiger partial charge on any atom is -0.292 e. The van der Waals surface area contributed by atoms with E-state index in [0.29, 0.717) is 0 Å². The molecule has 0 bridgehead atoms. The van der Waals surface area contributed by atoms with Crippen molar-refractivity contribution >= 4 is 21.8 Å². The SMILES string of the molecule is Cc1nn([C@H](C)C(=O)NN)c(C)c1Br. The third-order valence-corrected chi connectivity index (χ3v) is 3.27. The number of carbonyl (C=O) groups is 1. The average Bonchev–Trinajstić information content (AvgIpc) is 2.43. The number of hydrogen-bond acceptors (Lipinski definition) is 3. The number of nitrogens with one attached hydrogen (secondary N) is 1. The van der Waals surface area contributed by atoms with Gasteiger partial charge in [-0.2, -0.15) is 5.10 Å². The molecule has 0 saturated carbocycles. The molecule has 0 fully saturated rings. The van der Waals surface area contributed by atoms with Gasteiger partial charge in [-0.25, -0.2) is 5.84 Å². The molecule has 1 atom stereocenters. The Balaban J connectivity index is 3.07. The van der Waals surface area contributed by atoms with Crippen LogP contribution in [0.4, 0.5) is 0 Å². The van der Waals surface area contributed by atoms with Crippen molar-refractivity contribution in [2.45, 2.75) is 26.8 Å². The highest BCUT2D eigenvalue weighted by molar-refractivity contribution is 9.10. The number of halogens is 1. The second-order valence-corrected chi connectivity index (χ2v) is 3.91. The van der Waals surface area contributed by atoms with Crippen LogP contribution in [-0.4, -0.2) is 15.7 Å². The fraction of sp³-hybridized carbons (Fsp3) is 0.500. The summed E-state index contributed by atoms with van der Waals surface area (Å²) in [6, 6.07) is -0.398. The molecule has 0 aliphatic rings. The highest BCUT2D eigenvalue weighted by Gasteiger charge is 2.19. The maximum absolute atomic E-state index is 11.3. The normalized spacial score (nSPS) is 12.6. The van der Waals surface area contributed by atoms with Gasteiger partial charge in [0.1, 0.15) is 6.04 Å². The first-order chi connectivity index (χ1) is 6.49. The van der Waals surface area contributed by atoms with Gasteiger partial charge < -0.3 is 0 Å². The summed E-state index contributed by atoms with van der Waals surface area (Å²) in [6.45, 7) is 5.51. The van der Waals surface area contributed by atoms with E-state index in [0.717, 1.165) is 15.9 Å². The fourth-order valence-corrected chi connectivity index (χ4v) is 1.51. The molecule has 0 aromatic carbocycles. The molecule has 0 aliphatic heterocycles. The van der Waals surface area contributed by atoms with Crippen LogP contribution in [0.3, 0.4) is 0 Å². The molecule has 1 aromatic rings. The van der Waals surface area contributed by atoms with Gasteiger partial charge in [0.15, 0.2) is 0 Å². The van der Waals surface area contributed by atoms with E-state index in [4.69, 9.17) is 5.84 Å². The maximum atomic E-state index is 11.3. The lowest BCUT2D eigenvalue weighted by molar-refractivity contribution is -0.124. The number of nitrogens with zero attached hydrogens (tertiary/aromatic N) is 2. The Hall–Kier alpha value is -0.880. The third-order valence-electron chi connectivity index (χ3n) is 2.13. The first kappa shape index (κ1) is 11.2. The molecule has 1 amide bonds. The number of hydrogen-bond donors (Lipinski definition) is 2. The van der Waals surface area contributed by atoms with Crippen molar-refractivity contribution in [2.75, 3.05) is 0 Å². The summed E-state index contributed by atoms with van der Waals surface area (Å²) in [4.78, 5) is 11.3. The molecule has 0 radical (unpaired) electrons. The number of nitrogens with two attached hydrogens (primary N) is 1. The van der Waals surface area contributed by atoms with E-state index in [1.54, 1.807) is 11.6 Å². The molecule has 78 valence electrons. The van der Waals surface area contributed by atoms with Gasteiger partial charge in [0.25, 0.3) is 5.91 Å². The second kappa shape index (κ2) is 4.10. The monoisotopic (exact) mass is 260 g/mol. The van der Waals surface area contributed by atoms with Crippen LogP contribution in [0.15, 0.2) is 4.47 Å². The van der Waals surface area contributed by atoms with Crippen molar-refractivity contribution in [1.29, 1.82) is 0 Å². The van der Waals surface area contributed by atoms with Gasteiger partial charge in [0, 0.05) is 0 Å². The van der Waals surface area contributed by atoms with Crippen LogP contribution in [-0.2, 0) is 4.79 Å². The molecule has 0 spiro atoms. The minimum absolute atomic E-state index is 0.261. The van der Waals surface area contributed by atoms with E-state index in [-0.39, 0.29) is 5.91 Å². The predicted molar refractivity (Wildman–Crippen MR) is 56.4 cm³/mol. The quantitative estimate of drug-likeness (QED) is 0.470. The van der Waals surface area contributed by atoms with E-state index in [9.17, 15) is 4.79 Å². The minimum atomic E-state index is -0.398. The molecule has 0 aliphatic carbocycles. The highest BCUT2D eigenvalue weighted by atomic mass is 79.9. The number of amides is 1. The first-order valence-electron chi connectivity index (χ1n) is 4.20. The maximum Gasteiger partial charge on any atom is 0.258 e. The zero-order valence-corrected chi connectivity index (χ0v) is 9.92. The summed E-state index contributed by atoms with van der Waals surface area (Å²) >= 11 is 3.39. The first-order valence-corrected chi connectivity index (χ1v) is 5.00. The van der Waals surface area contributed by atoms with Gasteiger partial charge in [-0.1, -0.05) is 0 Å². The lowest BCUT2D eigenvalue weighted by atomic mass is 10.3. The van der Waals surface area contributed by atoms with Crippen LogP contribution in [0.2, 0.25) is 0 Å². The van der Waals surface area contributed by atoms with Crippen molar-refractivity contribution in [3.05, 3.63) is 15.9 Å². The summed E-state index contributed by atoms with van der Waals surface area (Å²) in [5.74, 6) is 4.79.